The average Bonchev–Trinajstić information content (AvgIpc) is 3.40. The van der Waals surface area contributed by atoms with Crippen LogP contribution in [0.4, 0.5) is 5.95 Å². The van der Waals surface area contributed by atoms with Crippen LogP contribution in [0.25, 0.3) is 0 Å². The number of benzene rings is 3. The van der Waals surface area contributed by atoms with Crippen molar-refractivity contribution < 1.29 is 19.0 Å². The van der Waals surface area contributed by atoms with E-state index in [9.17, 15) is 4.79 Å². The predicted molar refractivity (Wildman–Crippen MR) is 173 cm³/mol. The molecular weight excluding hydrogens is 675 g/mol. The smallest absolute Gasteiger partial charge is 0.338 e. The molecule has 5 rings (SSSR count). The lowest BCUT2D eigenvalue weighted by atomic mass is 9.95. The molecule has 0 saturated carbocycles. The van der Waals surface area contributed by atoms with Crippen LogP contribution in [0.1, 0.15) is 43.0 Å². The van der Waals surface area contributed by atoms with E-state index < -0.39 is 12.0 Å². The Morgan fingerprint density at radius 1 is 1.14 bits per heavy atom. The van der Waals surface area contributed by atoms with E-state index in [0.717, 1.165) is 16.7 Å². The zero-order valence-electron chi connectivity index (χ0n) is 23.7. The predicted octanol–water partition coefficient (Wildman–Crippen LogP) is 8.47. The van der Waals surface area contributed by atoms with Crippen LogP contribution < -0.4 is 14.8 Å². The Hall–Kier alpha value is -3.18. The molecule has 224 valence electrons. The Bertz CT molecular complexity index is 1660. The summed E-state index contributed by atoms with van der Waals surface area (Å²) in [7, 11) is 1.57. The molecule has 1 atom stereocenters. The van der Waals surface area contributed by atoms with E-state index in [4.69, 9.17) is 47.5 Å². The molecule has 1 unspecified atom stereocenters. The van der Waals surface area contributed by atoms with Crippen LogP contribution in [0, 0.1) is 0 Å². The fraction of sp³-hybridized carbons (Fsp3) is 0.258. The molecule has 0 amide bonds. The molecule has 1 aliphatic heterocycles. The molecule has 1 N–H and O–H groups in total. The number of esters is 1. The van der Waals surface area contributed by atoms with Crippen LogP contribution in [-0.4, -0.2) is 34.5 Å². The van der Waals surface area contributed by atoms with Crippen molar-refractivity contribution in [3.05, 3.63) is 103 Å². The van der Waals surface area contributed by atoms with Gasteiger partial charge in [0, 0.05) is 21.5 Å². The average molecular weight is 704 g/mol. The molecule has 1 aliphatic rings. The number of hydrogen-bond donors (Lipinski definition) is 1. The van der Waals surface area contributed by atoms with E-state index in [1.165, 1.54) is 11.8 Å². The summed E-state index contributed by atoms with van der Waals surface area (Å²) in [6, 6.07) is 18.2. The lowest BCUT2D eigenvalue weighted by Crippen LogP contribution is -2.30. The van der Waals surface area contributed by atoms with E-state index in [-0.39, 0.29) is 0 Å². The van der Waals surface area contributed by atoms with Gasteiger partial charge in [-0.3, -0.25) is 0 Å². The summed E-state index contributed by atoms with van der Waals surface area (Å²) in [4.78, 5) is 18.2. The summed E-state index contributed by atoms with van der Waals surface area (Å²) >= 11 is 17.5. The molecule has 2 heterocycles. The number of hydrogen-bond acceptors (Lipinski definition) is 8. The van der Waals surface area contributed by atoms with Crippen molar-refractivity contribution >= 4 is 62.8 Å². The largest absolute Gasteiger partial charge is 0.493 e. The lowest BCUT2D eigenvalue weighted by molar-refractivity contribution is -0.139. The van der Waals surface area contributed by atoms with Gasteiger partial charge in [-0.25, -0.2) is 9.48 Å². The van der Waals surface area contributed by atoms with Crippen LogP contribution in [0.2, 0.25) is 10.0 Å². The van der Waals surface area contributed by atoms with Crippen molar-refractivity contribution in [1.82, 2.24) is 14.8 Å². The van der Waals surface area contributed by atoms with Gasteiger partial charge in [0.1, 0.15) is 12.6 Å². The number of carbonyl (C=O) groups excluding carboxylic acids is 1. The number of methoxy groups -OCH3 is 1. The van der Waals surface area contributed by atoms with E-state index >= 15 is 0 Å². The number of fused-ring (bicyclic) bond motifs is 1. The number of carbonyl (C=O) groups is 1. The van der Waals surface area contributed by atoms with Crippen molar-refractivity contribution in [3.8, 4) is 11.5 Å². The monoisotopic (exact) mass is 702 g/mol. The minimum Gasteiger partial charge on any atom is -0.493 e. The van der Waals surface area contributed by atoms with E-state index in [2.05, 4.69) is 21.2 Å². The summed E-state index contributed by atoms with van der Waals surface area (Å²) in [5.41, 5.74) is 3.73. The van der Waals surface area contributed by atoms with Gasteiger partial charge >= 0.3 is 5.97 Å². The number of rotatable bonds is 11. The lowest BCUT2D eigenvalue weighted by Gasteiger charge is -2.28. The topological polar surface area (TPSA) is 87.5 Å². The summed E-state index contributed by atoms with van der Waals surface area (Å²) in [6.45, 7) is 4.40. The number of halogens is 3. The summed E-state index contributed by atoms with van der Waals surface area (Å²) in [5, 5.41) is 9.94. The molecule has 8 nitrogen and oxygen atoms in total. The number of nitrogens with zero attached hydrogens (tertiary/aromatic N) is 3. The van der Waals surface area contributed by atoms with Crippen LogP contribution in [0.3, 0.4) is 0 Å². The molecule has 4 aromatic rings. The second-order valence-corrected chi connectivity index (χ2v) is 12.3. The number of aromatic nitrogens is 3. The van der Waals surface area contributed by atoms with E-state index in [0.29, 0.717) is 73.8 Å². The van der Waals surface area contributed by atoms with Gasteiger partial charge in [0.15, 0.2) is 11.5 Å². The Labute approximate surface area is 272 Å². The zero-order valence-corrected chi connectivity index (χ0v) is 27.6. The molecule has 0 bridgehead atoms. The highest BCUT2D eigenvalue weighted by molar-refractivity contribution is 9.10. The first-order chi connectivity index (χ1) is 20.8. The van der Waals surface area contributed by atoms with Gasteiger partial charge in [-0.2, -0.15) is 4.98 Å². The maximum Gasteiger partial charge on any atom is 0.338 e. The second-order valence-electron chi connectivity index (χ2n) is 9.69. The maximum atomic E-state index is 13.4. The molecule has 0 aliphatic carbocycles. The van der Waals surface area contributed by atoms with Gasteiger partial charge < -0.3 is 19.5 Å². The number of ether oxygens (including phenoxy) is 3. The Kier molecular flexibility index (Phi) is 10.2. The van der Waals surface area contributed by atoms with Crippen LogP contribution in [0.15, 0.2) is 81.6 Å². The molecular formula is C31H29BrCl2N4O4S. The standard InChI is InChI=1S/C31H29BrCl2N4O4S/c1-4-13-41-29(39)26-18(2)35-30-36-31(43-17-20-7-5-6-8-24(20)34)37-38(30)27(26)21-14-23(32)28(25(15-21)40-3)42-16-19-9-11-22(33)12-10-19/h5-12,14-15,27H,4,13,16-17H2,1-3H3,(H,35,36,37). The van der Waals surface area contributed by atoms with Crippen LogP contribution in [0.5, 0.6) is 11.5 Å². The van der Waals surface area contributed by atoms with Gasteiger partial charge in [-0.05, 0) is 76.3 Å². The van der Waals surface area contributed by atoms with Crippen molar-refractivity contribution in [1.29, 1.82) is 0 Å². The number of allylic oxidation sites excluding steroid dienone is 1. The normalized spacial score (nSPS) is 14.2. The molecule has 43 heavy (non-hydrogen) atoms. The minimum absolute atomic E-state index is 0.302. The molecule has 12 heteroatoms. The SMILES string of the molecule is CCCOC(=O)C1=C(C)Nc2nc(SCc3ccccc3Cl)nn2C1c1cc(Br)c(OCc2ccc(Cl)cc2)c(OC)c1. The number of thioether (sulfide) groups is 1. The van der Waals surface area contributed by atoms with Gasteiger partial charge in [0.2, 0.25) is 11.1 Å². The van der Waals surface area contributed by atoms with E-state index in [1.807, 2.05) is 74.5 Å². The molecule has 3 aromatic carbocycles. The summed E-state index contributed by atoms with van der Waals surface area (Å²) in [5.74, 6) is 1.69. The minimum atomic E-state index is -0.640. The quantitative estimate of drug-likeness (QED) is 0.123. The molecule has 1 aromatic heterocycles. The first-order valence-corrected chi connectivity index (χ1v) is 16.0. The zero-order chi connectivity index (χ0) is 30.5. The fourth-order valence-electron chi connectivity index (χ4n) is 4.57. The molecule has 0 fully saturated rings. The second kappa shape index (κ2) is 14.1. The Balaban J connectivity index is 1.50. The summed E-state index contributed by atoms with van der Waals surface area (Å²) < 4.78 is 19.9. The Morgan fingerprint density at radius 3 is 2.63 bits per heavy atom. The summed E-state index contributed by atoms with van der Waals surface area (Å²) in [6.07, 6.45) is 0.701. The maximum absolute atomic E-state index is 13.4. The van der Waals surface area contributed by atoms with Crippen molar-refractivity contribution in [2.24, 2.45) is 0 Å². The van der Waals surface area contributed by atoms with Crippen molar-refractivity contribution in [2.75, 3.05) is 19.0 Å². The third-order valence-electron chi connectivity index (χ3n) is 6.67. The number of nitrogens with one attached hydrogen (secondary N) is 1. The first-order valence-electron chi connectivity index (χ1n) is 13.5. The van der Waals surface area contributed by atoms with Gasteiger partial charge in [-0.15, -0.1) is 5.10 Å². The Morgan fingerprint density at radius 2 is 1.91 bits per heavy atom. The van der Waals surface area contributed by atoms with E-state index in [1.54, 1.807) is 11.8 Å². The number of anilines is 1. The fourth-order valence-corrected chi connectivity index (χ4v) is 6.38. The van der Waals surface area contributed by atoms with Crippen molar-refractivity contribution in [2.45, 2.75) is 43.8 Å². The molecule has 0 spiro atoms. The molecule has 0 saturated heterocycles. The van der Waals surface area contributed by atoms with Gasteiger partial charge in [0.25, 0.3) is 0 Å². The highest BCUT2D eigenvalue weighted by Crippen LogP contribution is 2.43. The van der Waals surface area contributed by atoms with Gasteiger partial charge in [-0.1, -0.05) is 72.2 Å². The van der Waals surface area contributed by atoms with Crippen LogP contribution >= 0.6 is 50.9 Å². The third kappa shape index (κ3) is 7.15. The third-order valence-corrected chi connectivity index (χ3v) is 8.77. The van der Waals surface area contributed by atoms with Gasteiger partial charge in [0.05, 0.1) is 23.8 Å². The highest BCUT2D eigenvalue weighted by Gasteiger charge is 2.36. The molecule has 0 radical (unpaired) electrons. The van der Waals surface area contributed by atoms with Crippen LogP contribution in [-0.2, 0) is 21.9 Å². The van der Waals surface area contributed by atoms with Crippen molar-refractivity contribution in [3.63, 3.8) is 0 Å². The highest BCUT2D eigenvalue weighted by atomic mass is 79.9. The first kappa shape index (κ1) is 31.3.